The monoisotopic (exact) mass is 1040 g/mol. The maximum Gasteiger partial charge on any atom is 1.00 e. The van der Waals surface area contributed by atoms with Crippen molar-refractivity contribution in [1.82, 2.24) is 15.0 Å². The van der Waals surface area contributed by atoms with Crippen LogP contribution in [0.25, 0.3) is 10.8 Å². The van der Waals surface area contributed by atoms with Crippen LogP contribution in [0.5, 0.6) is 11.8 Å². The smallest absolute Gasteiger partial charge is 0.744 e. The molecule has 1 heterocycles. The molecule has 0 fully saturated rings. The van der Waals surface area contributed by atoms with Crippen LogP contribution in [0.2, 0.25) is 5.28 Å². The molecule has 5 rings (SSSR count). The number of anilines is 3. The Morgan fingerprint density at radius 2 is 1.27 bits per heavy atom. The third-order valence-corrected chi connectivity index (χ3v) is 12.3. The molecule has 5 aromatic rings. The second-order valence-corrected chi connectivity index (χ2v) is 18.9. The number of aromatic nitrogens is 3. The van der Waals surface area contributed by atoms with E-state index in [2.05, 4.69) is 44.9 Å². The molecule has 0 spiro atoms. The number of benzene rings is 4. The minimum Gasteiger partial charge on any atom is -0.744 e. The number of sulfone groups is 1. The molecule has 0 aliphatic carbocycles. The van der Waals surface area contributed by atoms with Gasteiger partial charge >= 0.3 is 124 Å². The molecule has 1 aromatic heterocycles. The Bertz CT molecular complexity index is 3210. The number of nitrogens with two attached hydrogens (primary N) is 1. The molecule has 4 aromatic carbocycles. The summed E-state index contributed by atoms with van der Waals surface area (Å²) in [7, 11) is -24.8. The zero-order valence-corrected chi connectivity index (χ0v) is 46.1. The van der Waals surface area contributed by atoms with E-state index in [0.29, 0.717) is 12.1 Å². The largest absolute Gasteiger partial charge is 1.00 e. The molecule has 0 bridgehead atoms. The van der Waals surface area contributed by atoms with Gasteiger partial charge in [0.1, 0.15) is 47.4 Å². The van der Waals surface area contributed by atoms with Crippen molar-refractivity contribution in [3.05, 3.63) is 59.9 Å². The van der Waals surface area contributed by atoms with Gasteiger partial charge in [-0.1, -0.05) is 0 Å². The van der Waals surface area contributed by atoms with Gasteiger partial charge in [0.05, 0.1) is 55.8 Å². The minimum absolute atomic E-state index is 0. The van der Waals surface area contributed by atoms with Crippen molar-refractivity contribution in [3.8, 4) is 11.8 Å². The van der Waals surface area contributed by atoms with Gasteiger partial charge in [-0.15, -0.1) is 15.3 Å². The van der Waals surface area contributed by atoms with Crippen molar-refractivity contribution >= 4 is 113 Å². The van der Waals surface area contributed by atoms with Crippen molar-refractivity contribution in [3.63, 3.8) is 0 Å². The van der Waals surface area contributed by atoms with E-state index in [4.69, 9.17) is 22.1 Å². The van der Waals surface area contributed by atoms with Gasteiger partial charge in [-0.25, -0.2) is 42.1 Å². The average Bonchev–Trinajstić information content (AvgIpc) is 3.11. The van der Waals surface area contributed by atoms with Crippen molar-refractivity contribution in [2.75, 3.05) is 30.5 Å². The second-order valence-electron chi connectivity index (χ2n) is 11.3. The number of ether oxygens (including phenoxy) is 1. The molecule has 0 saturated heterocycles. The van der Waals surface area contributed by atoms with Gasteiger partial charge in [-0.3, -0.25) is 4.18 Å². The van der Waals surface area contributed by atoms with E-state index in [1.807, 2.05) is 0 Å². The predicted octanol–water partition coefficient (Wildman–Crippen LogP) is -9.47. The fraction of sp³-hybridized carbons (Fsp3) is 0.107. The first-order valence-corrected chi connectivity index (χ1v) is 22.9. The van der Waals surface area contributed by atoms with E-state index in [1.165, 1.54) is 7.11 Å². The quantitative estimate of drug-likeness (QED) is 0.0288. The molecule has 0 saturated carbocycles. The molecule has 64 heavy (non-hydrogen) atoms. The van der Waals surface area contributed by atoms with Crippen molar-refractivity contribution in [1.29, 1.82) is 0 Å². The minimum atomic E-state index is -5.70. The van der Waals surface area contributed by atoms with Gasteiger partial charge in [0.25, 0.3) is 0 Å². The number of hydrogen-bond donors (Lipinski definition) is 3. The molecule has 0 amide bonds. The second kappa shape index (κ2) is 23.6. The summed E-state index contributed by atoms with van der Waals surface area (Å²) in [4.78, 5) is 7.24. The molecule has 0 aliphatic heterocycles. The molecule has 0 aliphatic rings. The van der Waals surface area contributed by atoms with Crippen LogP contribution in [0, 0.1) is 0 Å². The fourth-order valence-corrected chi connectivity index (χ4v) is 8.41. The Labute approximate surface area is 456 Å². The van der Waals surface area contributed by atoms with E-state index in [9.17, 15) is 65.4 Å². The van der Waals surface area contributed by atoms with Gasteiger partial charge in [0.2, 0.25) is 21.6 Å². The van der Waals surface area contributed by atoms with Crippen LogP contribution in [-0.4, -0.2) is 99.8 Å². The van der Waals surface area contributed by atoms with Crippen LogP contribution < -0.4 is 134 Å². The van der Waals surface area contributed by atoms with E-state index in [-0.39, 0.29) is 147 Å². The zero-order chi connectivity index (χ0) is 44.6. The van der Waals surface area contributed by atoms with E-state index in [1.54, 1.807) is 0 Å². The number of azo groups is 2. The molecular weight excluding hydrogens is 1020 g/mol. The number of phenols is 1. The molecule has 36 heteroatoms. The van der Waals surface area contributed by atoms with Crippen LogP contribution in [0.4, 0.5) is 40.1 Å². The summed E-state index contributed by atoms with van der Waals surface area (Å²) in [5, 5.41) is 26.7. The number of hydrogen-bond acceptors (Lipinski definition) is 26. The molecule has 4 N–H and O–H groups in total. The van der Waals surface area contributed by atoms with Gasteiger partial charge in [-0.2, -0.15) is 20.1 Å². The third-order valence-electron chi connectivity index (χ3n) is 7.41. The van der Waals surface area contributed by atoms with E-state index >= 15 is 0 Å². The van der Waals surface area contributed by atoms with Crippen molar-refractivity contribution in [2.45, 2.75) is 19.6 Å². The zero-order valence-electron chi connectivity index (χ0n) is 33.2. The van der Waals surface area contributed by atoms with Crippen molar-refractivity contribution in [2.24, 2.45) is 20.5 Å². The Hall–Kier alpha value is -1.61. The first-order valence-electron chi connectivity index (χ1n) is 15.3. The Balaban J connectivity index is 0.00000512. The maximum absolute atomic E-state index is 12.5. The van der Waals surface area contributed by atoms with Gasteiger partial charge in [0.15, 0.2) is 15.6 Å². The SMILES string of the molecule is COc1nc(Cl)nc(Nc2ccc(S(=O)(=O)[O-])c(N=Nc3c(S(=O)(=O)[O-])cc4cc(S(=O)(=O)[O-])c(N=Nc5ccc(S(=O)(=O)CCOS(=O)(=O)[O-])cc5)c(N)c4c3O)c2)n1.[Na+].[Na+].[Na+].[Na+]. The number of halogens is 1. The number of fused-ring (bicyclic) bond motifs is 1. The molecule has 0 unspecified atom stereocenters. The topological polar surface area (TPSA) is 428 Å². The summed E-state index contributed by atoms with van der Waals surface area (Å²) in [5.41, 5.74) is 1.95. The summed E-state index contributed by atoms with van der Waals surface area (Å²) < 4.78 is 176. The van der Waals surface area contributed by atoms with Crippen LogP contribution in [0.3, 0.4) is 0 Å². The first kappa shape index (κ1) is 60.4. The standard InChI is InChI=1S/C28H24ClN9O17S5.4Na/c1-54-28-33-26(29)32-27(34-28)31-15-4-7-18(57(42,43)44)17(12-15)36-38-24-20(59(48,49)50)11-13-10-19(58(45,46)47)23(22(30)21(13)25(24)39)37-35-14-2-5-16(6-3-14)56(40,41)9-8-55-60(51,52)53;;;;/h2-7,10-12,39H,8-9,30H2,1H3,(H,42,43,44)(H,45,46,47)(H,48,49,50)(H,51,52,53)(H,31,32,33,34);;;;/q;4*+1/p-4. The molecule has 0 radical (unpaired) electrons. The number of rotatable bonds is 15. The number of nitrogens with zero attached hydrogens (tertiary/aromatic N) is 7. The normalized spacial score (nSPS) is 12.2. The predicted molar refractivity (Wildman–Crippen MR) is 198 cm³/mol. The summed E-state index contributed by atoms with van der Waals surface area (Å²) in [6.07, 6.45) is 0. The van der Waals surface area contributed by atoms with Gasteiger partial charge < -0.3 is 39.1 Å². The molecule has 26 nitrogen and oxygen atoms in total. The van der Waals surface area contributed by atoms with Crippen LogP contribution in [0.1, 0.15) is 0 Å². The van der Waals surface area contributed by atoms with Crippen LogP contribution in [0.15, 0.2) is 94.6 Å². The molecular formula is C28H20ClN9Na4O17S5. The maximum atomic E-state index is 12.5. The molecule has 0 atom stereocenters. The van der Waals surface area contributed by atoms with Crippen molar-refractivity contribution < 1.29 is 193 Å². The Morgan fingerprint density at radius 3 is 1.80 bits per heavy atom. The summed E-state index contributed by atoms with van der Waals surface area (Å²) in [6, 6.07) is 7.30. The molecule has 320 valence electrons. The summed E-state index contributed by atoms with van der Waals surface area (Å²) >= 11 is 5.83. The van der Waals surface area contributed by atoms with Gasteiger partial charge in [-0.05, 0) is 71.6 Å². The number of nitrogens with one attached hydrogen (secondary N) is 1. The first-order chi connectivity index (χ1) is 27.7. The Morgan fingerprint density at radius 1 is 0.719 bits per heavy atom. The summed E-state index contributed by atoms with van der Waals surface area (Å²) in [5.74, 6) is -2.50. The van der Waals surface area contributed by atoms with Crippen LogP contribution in [-0.2, 0) is 54.8 Å². The number of methoxy groups -OCH3 is 1. The number of nitrogen functional groups attached to an aromatic ring is 1. The third kappa shape index (κ3) is 15.5. The Kier molecular flexibility index (Phi) is 22.3. The average molecular weight is 1040 g/mol. The number of phenolic OH excluding ortho intramolecular Hbond substituents is 1. The number of aromatic hydroxyl groups is 1. The fourth-order valence-electron chi connectivity index (χ4n) is 4.88. The van der Waals surface area contributed by atoms with Crippen LogP contribution >= 0.6 is 11.6 Å². The van der Waals surface area contributed by atoms with E-state index in [0.717, 1.165) is 42.5 Å². The van der Waals surface area contributed by atoms with Gasteiger partial charge in [0, 0.05) is 5.69 Å². The summed E-state index contributed by atoms with van der Waals surface area (Å²) in [6.45, 7) is -0.996. The van der Waals surface area contributed by atoms with E-state index < -0.39 is 122 Å².